The highest BCUT2D eigenvalue weighted by atomic mass is 32.1. The van der Waals surface area contributed by atoms with Gasteiger partial charge in [-0.3, -0.25) is 9.36 Å². The molecule has 21 heavy (non-hydrogen) atoms. The molecule has 0 fully saturated rings. The Balaban J connectivity index is 1.70. The Hall–Kier alpha value is -2.47. The Morgan fingerprint density at radius 2 is 2.29 bits per heavy atom. The summed E-state index contributed by atoms with van der Waals surface area (Å²) in [6, 6.07) is 7.54. The summed E-state index contributed by atoms with van der Waals surface area (Å²) in [5.41, 5.74) is 0.544. The standard InChI is InChI=1S/C15H14N4OS/c1-11(13-3-2-8-21-13)18-15(20)12-4-5-14(17-9-12)19-7-6-16-10-19/h2-11H,1H3,(H,18,20)/t11-/m0/s1. The Morgan fingerprint density at radius 1 is 1.38 bits per heavy atom. The molecule has 0 aliphatic carbocycles. The molecule has 106 valence electrons. The van der Waals surface area contributed by atoms with Crippen LogP contribution in [0.25, 0.3) is 5.82 Å². The zero-order chi connectivity index (χ0) is 14.7. The molecule has 1 amide bonds. The maximum absolute atomic E-state index is 12.2. The zero-order valence-corrected chi connectivity index (χ0v) is 12.2. The van der Waals surface area contributed by atoms with Gasteiger partial charge in [0.1, 0.15) is 12.1 Å². The molecular weight excluding hydrogens is 284 g/mol. The van der Waals surface area contributed by atoms with E-state index in [2.05, 4.69) is 15.3 Å². The minimum absolute atomic E-state index is 0.00850. The van der Waals surface area contributed by atoms with E-state index < -0.39 is 0 Å². The number of thiophene rings is 1. The molecule has 0 bridgehead atoms. The summed E-state index contributed by atoms with van der Waals surface area (Å²) in [5.74, 6) is 0.607. The predicted molar refractivity (Wildman–Crippen MR) is 81.6 cm³/mol. The van der Waals surface area contributed by atoms with Crippen LogP contribution in [0, 0.1) is 0 Å². The number of hydrogen-bond acceptors (Lipinski definition) is 4. The smallest absolute Gasteiger partial charge is 0.253 e. The van der Waals surface area contributed by atoms with Crippen LogP contribution in [0.15, 0.2) is 54.6 Å². The van der Waals surface area contributed by atoms with Gasteiger partial charge in [0, 0.05) is 23.5 Å². The van der Waals surface area contributed by atoms with Gasteiger partial charge < -0.3 is 5.32 Å². The summed E-state index contributed by atoms with van der Waals surface area (Å²) >= 11 is 1.63. The van der Waals surface area contributed by atoms with Crippen LogP contribution in [0.4, 0.5) is 0 Å². The summed E-state index contributed by atoms with van der Waals surface area (Å²) in [5, 5.41) is 4.96. The van der Waals surface area contributed by atoms with E-state index in [-0.39, 0.29) is 11.9 Å². The normalized spacial score (nSPS) is 12.0. The van der Waals surface area contributed by atoms with Crippen LogP contribution in [0.1, 0.15) is 28.2 Å². The molecule has 3 heterocycles. The van der Waals surface area contributed by atoms with Crippen molar-refractivity contribution < 1.29 is 4.79 Å². The van der Waals surface area contributed by atoms with Crippen molar-refractivity contribution in [1.29, 1.82) is 0 Å². The van der Waals surface area contributed by atoms with Crippen LogP contribution in [-0.4, -0.2) is 20.4 Å². The third-order valence-corrected chi connectivity index (χ3v) is 4.15. The second-order valence-corrected chi connectivity index (χ2v) is 5.56. The maximum Gasteiger partial charge on any atom is 0.253 e. The molecule has 6 heteroatoms. The number of nitrogens with one attached hydrogen (secondary N) is 1. The van der Waals surface area contributed by atoms with Crippen LogP contribution in [0.2, 0.25) is 0 Å². The SMILES string of the molecule is C[C@H](NC(=O)c1ccc(-n2ccnc2)nc1)c1cccs1. The monoisotopic (exact) mass is 298 g/mol. The van der Waals surface area contributed by atoms with Crippen molar-refractivity contribution >= 4 is 17.2 Å². The third-order valence-electron chi connectivity index (χ3n) is 3.10. The highest BCUT2D eigenvalue weighted by Gasteiger charge is 2.12. The minimum Gasteiger partial charge on any atom is -0.345 e. The van der Waals surface area contributed by atoms with Gasteiger partial charge in [0.2, 0.25) is 0 Å². The highest BCUT2D eigenvalue weighted by Crippen LogP contribution is 2.18. The quantitative estimate of drug-likeness (QED) is 0.805. The van der Waals surface area contributed by atoms with Crippen molar-refractivity contribution in [3.8, 4) is 5.82 Å². The first-order valence-corrected chi connectivity index (χ1v) is 7.40. The van der Waals surface area contributed by atoms with Gasteiger partial charge in [0.25, 0.3) is 5.91 Å². The van der Waals surface area contributed by atoms with E-state index in [4.69, 9.17) is 0 Å². The molecule has 0 unspecified atom stereocenters. The molecule has 3 aromatic rings. The van der Waals surface area contributed by atoms with Gasteiger partial charge >= 0.3 is 0 Å². The Labute approximate surface area is 126 Å². The first-order chi connectivity index (χ1) is 10.2. The van der Waals surface area contributed by atoms with Gasteiger partial charge in [-0.15, -0.1) is 11.3 Å². The molecule has 0 aliphatic heterocycles. The molecule has 1 atom stereocenters. The molecule has 0 saturated carbocycles. The lowest BCUT2D eigenvalue weighted by Crippen LogP contribution is -2.26. The van der Waals surface area contributed by atoms with Gasteiger partial charge in [-0.25, -0.2) is 9.97 Å². The second kappa shape index (κ2) is 5.88. The van der Waals surface area contributed by atoms with Crippen molar-refractivity contribution in [2.75, 3.05) is 0 Å². The molecule has 1 N–H and O–H groups in total. The Kier molecular flexibility index (Phi) is 3.79. The van der Waals surface area contributed by atoms with Gasteiger partial charge in [-0.1, -0.05) is 6.07 Å². The van der Waals surface area contributed by atoms with E-state index >= 15 is 0 Å². The molecule has 3 rings (SSSR count). The summed E-state index contributed by atoms with van der Waals surface area (Å²) in [4.78, 5) is 21.6. The van der Waals surface area contributed by atoms with E-state index in [9.17, 15) is 4.79 Å². The lowest BCUT2D eigenvalue weighted by molar-refractivity contribution is 0.0940. The lowest BCUT2D eigenvalue weighted by atomic mass is 10.2. The summed E-state index contributed by atoms with van der Waals surface area (Å²) in [6.45, 7) is 1.97. The van der Waals surface area contributed by atoms with Crippen LogP contribution < -0.4 is 5.32 Å². The molecule has 5 nitrogen and oxygen atoms in total. The second-order valence-electron chi connectivity index (χ2n) is 4.59. The predicted octanol–water partition coefficient (Wildman–Crippen LogP) is 2.82. The topological polar surface area (TPSA) is 59.8 Å². The van der Waals surface area contributed by atoms with Crippen molar-refractivity contribution in [2.45, 2.75) is 13.0 Å². The minimum atomic E-state index is -0.124. The molecule has 3 aromatic heterocycles. The number of hydrogen-bond donors (Lipinski definition) is 1. The van der Waals surface area contributed by atoms with E-state index in [1.807, 2.05) is 24.4 Å². The fraction of sp³-hybridized carbons (Fsp3) is 0.133. The van der Waals surface area contributed by atoms with Crippen molar-refractivity contribution in [1.82, 2.24) is 19.9 Å². The average Bonchev–Trinajstić information content (AvgIpc) is 3.20. The number of pyridine rings is 1. The van der Waals surface area contributed by atoms with Crippen molar-refractivity contribution in [3.05, 3.63) is 65.0 Å². The Morgan fingerprint density at radius 3 is 2.90 bits per heavy atom. The lowest BCUT2D eigenvalue weighted by Gasteiger charge is -2.12. The van der Waals surface area contributed by atoms with Crippen LogP contribution >= 0.6 is 11.3 Å². The van der Waals surface area contributed by atoms with Crippen molar-refractivity contribution in [3.63, 3.8) is 0 Å². The van der Waals surface area contributed by atoms with E-state index in [0.29, 0.717) is 5.56 Å². The first kappa shape index (κ1) is 13.5. The Bertz CT molecular complexity index is 705. The third kappa shape index (κ3) is 3.00. The largest absolute Gasteiger partial charge is 0.345 e. The molecule has 0 radical (unpaired) electrons. The van der Waals surface area contributed by atoms with Gasteiger partial charge in [0.05, 0.1) is 11.6 Å². The maximum atomic E-state index is 12.2. The van der Waals surface area contributed by atoms with Crippen molar-refractivity contribution in [2.24, 2.45) is 0 Å². The summed E-state index contributed by atoms with van der Waals surface area (Å²) < 4.78 is 1.79. The first-order valence-electron chi connectivity index (χ1n) is 6.52. The highest BCUT2D eigenvalue weighted by molar-refractivity contribution is 7.10. The molecule has 0 aromatic carbocycles. The number of amides is 1. The van der Waals surface area contributed by atoms with Crippen LogP contribution in [0.5, 0.6) is 0 Å². The summed E-state index contributed by atoms with van der Waals surface area (Å²) in [6.07, 6.45) is 6.73. The molecule has 0 aliphatic rings. The molecule has 0 spiro atoms. The number of carbonyl (C=O) groups is 1. The van der Waals surface area contributed by atoms with Gasteiger partial charge in [0.15, 0.2) is 0 Å². The van der Waals surface area contributed by atoms with E-state index in [1.165, 1.54) is 0 Å². The van der Waals surface area contributed by atoms with E-state index in [1.54, 1.807) is 53.0 Å². The summed E-state index contributed by atoms with van der Waals surface area (Å²) in [7, 11) is 0. The fourth-order valence-corrected chi connectivity index (χ4v) is 2.69. The number of aromatic nitrogens is 3. The van der Waals surface area contributed by atoms with E-state index in [0.717, 1.165) is 10.7 Å². The molecular formula is C15H14N4OS. The van der Waals surface area contributed by atoms with Crippen LogP contribution in [0.3, 0.4) is 0 Å². The van der Waals surface area contributed by atoms with Gasteiger partial charge in [-0.05, 0) is 30.5 Å². The number of carbonyl (C=O) groups excluding carboxylic acids is 1. The zero-order valence-electron chi connectivity index (χ0n) is 11.4. The number of imidazole rings is 1. The fourth-order valence-electron chi connectivity index (χ4n) is 1.96. The van der Waals surface area contributed by atoms with Gasteiger partial charge in [-0.2, -0.15) is 0 Å². The number of rotatable bonds is 4. The van der Waals surface area contributed by atoms with Crippen LogP contribution in [-0.2, 0) is 0 Å². The molecule has 0 saturated heterocycles. The average molecular weight is 298 g/mol. The number of nitrogens with zero attached hydrogens (tertiary/aromatic N) is 3.